The number of hydrogen-bond donors (Lipinski definition) is 1. The first kappa shape index (κ1) is 17.0. The lowest BCUT2D eigenvalue weighted by Gasteiger charge is -2.15. The van der Waals surface area contributed by atoms with E-state index in [-0.39, 0.29) is 18.7 Å². The van der Waals surface area contributed by atoms with Crippen LogP contribution in [0.3, 0.4) is 0 Å². The fourth-order valence-corrected chi connectivity index (χ4v) is 2.52. The van der Waals surface area contributed by atoms with Gasteiger partial charge in [-0.1, -0.05) is 41.9 Å². The monoisotopic (exact) mass is 355 g/mol. The van der Waals surface area contributed by atoms with Crippen molar-refractivity contribution in [1.82, 2.24) is 15.1 Å². The van der Waals surface area contributed by atoms with Crippen LogP contribution in [-0.2, 0) is 6.73 Å². The molecule has 25 heavy (non-hydrogen) atoms. The van der Waals surface area contributed by atoms with Crippen LogP contribution in [0.25, 0.3) is 0 Å². The lowest BCUT2D eigenvalue weighted by Crippen LogP contribution is -2.29. The van der Waals surface area contributed by atoms with Crippen molar-refractivity contribution < 1.29 is 9.53 Å². The Labute approximate surface area is 151 Å². The Hall–Kier alpha value is -2.79. The van der Waals surface area contributed by atoms with Crippen LogP contribution < -0.4 is 10.1 Å². The number of amides is 1. The van der Waals surface area contributed by atoms with Gasteiger partial charge >= 0.3 is 0 Å². The second-order valence-electron chi connectivity index (χ2n) is 5.55. The van der Waals surface area contributed by atoms with Crippen LogP contribution in [0.1, 0.15) is 29.0 Å². The van der Waals surface area contributed by atoms with E-state index >= 15 is 0 Å². The fourth-order valence-electron chi connectivity index (χ4n) is 2.39. The molecule has 5 nitrogen and oxygen atoms in total. The van der Waals surface area contributed by atoms with E-state index in [9.17, 15) is 4.79 Å². The molecule has 0 bridgehead atoms. The second-order valence-corrected chi connectivity index (χ2v) is 5.99. The second kappa shape index (κ2) is 7.85. The Bertz CT molecular complexity index is 831. The van der Waals surface area contributed by atoms with Crippen molar-refractivity contribution in [3.63, 3.8) is 0 Å². The number of halogens is 1. The van der Waals surface area contributed by atoms with Crippen molar-refractivity contribution in [2.24, 2.45) is 0 Å². The SMILES string of the molecule is CC(NC(=O)c1ccnn1COc1ccc(Cl)cc1)c1ccccc1. The van der Waals surface area contributed by atoms with Gasteiger partial charge in [-0.25, -0.2) is 4.68 Å². The van der Waals surface area contributed by atoms with Crippen LogP contribution in [0, 0.1) is 0 Å². The van der Waals surface area contributed by atoms with Crippen LogP contribution in [0.2, 0.25) is 5.02 Å². The Kier molecular flexibility index (Phi) is 5.36. The van der Waals surface area contributed by atoms with Gasteiger partial charge in [-0.05, 0) is 42.8 Å². The van der Waals surface area contributed by atoms with Gasteiger partial charge in [-0.3, -0.25) is 4.79 Å². The minimum absolute atomic E-state index is 0.103. The molecule has 2 aromatic carbocycles. The molecule has 0 fully saturated rings. The molecule has 128 valence electrons. The Morgan fingerprint density at radius 2 is 1.88 bits per heavy atom. The van der Waals surface area contributed by atoms with E-state index in [4.69, 9.17) is 16.3 Å². The number of rotatable bonds is 6. The zero-order valence-corrected chi connectivity index (χ0v) is 14.5. The number of hydrogen-bond acceptors (Lipinski definition) is 3. The molecule has 1 N–H and O–H groups in total. The Morgan fingerprint density at radius 1 is 1.16 bits per heavy atom. The number of carbonyl (C=O) groups is 1. The van der Waals surface area contributed by atoms with Gasteiger partial charge in [0.05, 0.1) is 6.04 Å². The minimum atomic E-state index is -0.200. The summed E-state index contributed by atoms with van der Waals surface area (Å²) in [5.74, 6) is 0.456. The van der Waals surface area contributed by atoms with Gasteiger partial charge in [0.25, 0.3) is 5.91 Å². The fraction of sp³-hybridized carbons (Fsp3) is 0.158. The molecule has 0 saturated carbocycles. The lowest BCUT2D eigenvalue weighted by molar-refractivity contribution is 0.0918. The number of benzene rings is 2. The first-order valence-electron chi connectivity index (χ1n) is 7.89. The average Bonchev–Trinajstić information content (AvgIpc) is 3.10. The van der Waals surface area contributed by atoms with Crippen molar-refractivity contribution in [1.29, 1.82) is 0 Å². The highest BCUT2D eigenvalue weighted by molar-refractivity contribution is 6.30. The maximum absolute atomic E-state index is 12.5. The molecule has 3 aromatic rings. The molecule has 1 aromatic heterocycles. The summed E-state index contributed by atoms with van der Waals surface area (Å²) in [7, 11) is 0. The Morgan fingerprint density at radius 3 is 2.60 bits per heavy atom. The van der Waals surface area contributed by atoms with Gasteiger partial charge in [0.15, 0.2) is 6.73 Å². The van der Waals surface area contributed by atoms with Crippen LogP contribution >= 0.6 is 11.6 Å². The maximum atomic E-state index is 12.5. The number of aromatic nitrogens is 2. The molecule has 0 aliphatic heterocycles. The van der Waals surface area contributed by atoms with E-state index < -0.39 is 0 Å². The molecular formula is C19H18ClN3O2. The third kappa shape index (κ3) is 4.39. The van der Waals surface area contributed by atoms with E-state index in [0.29, 0.717) is 16.5 Å². The van der Waals surface area contributed by atoms with Gasteiger partial charge in [0.1, 0.15) is 11.4 Å². The molecule has 3 rings (SSSR count). The van der Waals surface area contributed by atoms with Gasteiger partial charge in [-0.2, -0.15) is 5.10 Å². The van der Waals surface area contributed by atoms with E-state index in [2.05, 4.69) is 10.4 Å². The van der Waals surface area contributed by atoms with Gasteiger partial charge < -0.3 is 10.1 Å². The largest absolute Gasteiger partial charge is 0.471 e. The highest BCUT2D eigenvalue weighted by atomic mass is 35.5. The summed E-state index contributed by atoms with van der Waals surface area (Å²) < 4.78 is 7.16. The van der Waals surface area contributed by atoms with E-state index in [1.807, 2.05) is 37.3 Å². The van der Waals surface area contributed by atoms with Gasteiger partial charge in [-0.15, -0.1) is 0 Å². The summed E-state index contributed by atoms with van der Waals surface area (Å²) in [6.45, 7) is 2.08. The molecule has 0 spiro atoms. The number of carbonyl (C=O) groups excluding carboxylic acids is 1. The molecule has 1 heterocycles. The predicted octanol–water partition coefficient (Wildman–Crippen LogP) is 4.06. The van der Waals surface area contributed by atoms with Crippen LogP contribution in [-0.4, -0.2) is 15.7 Å². The molecule has 1 unspecified atom stereocenters. The summed E-state index contributed by atoms with van der Waals surface area (Å²) in [6.07, 6.45) is 1.58. The van der Waals surface area contributed by atoms with E-state index in [1.165, 1.54) is 4.68 Å². The zero-order valence-electron chi connectivity index (χ0n) is 13.7. The number of nitrogens with zero attached hydrogens (tertiary/aromatic N) is 2. The van der Waals surface area contributed by atoms with Crippen LogP contribution in [0.15, 0.2) is 66.9 Å². The summed E-state index contributed by atoms with van der Waals surface area (Å²) in [4.78, 5) is 12.5. The summed E-state index contributed by atoms with van der Waals surface area (Å²) in [6, 6.07) is 18.4. The standard InChI is InChI=1S/C19H18ClN3O2/c1-14(15-5-3-2-4-6-15)22-19(24)18-11-12-21-23(18)13-25-17-9-7-16(20)8-10-17/h2-12,14H,13H2,1H3,(H,22,24). The van der Waals surface area contributed by atoms with Crippen LogP contribution in [0.4, 0.5) is 0 Å². The zero-order chi connectivity index (χ0) is 17.6. The van der Waals surface area contributed by atoms with Gasteiger partial charge in [0.2, 0.25) is 0 Å². The van der Waals surface area contributed by atoms with Gasteiger partial charge in [0, 0.05) is 11.2 Å². The molecule has 1 atom stereocenters. The highest BCUT2D eigenvalue weighted by Crippen LogP contribution is 2.16. The first-order valence-corrected chi connectivity index (χ1v) is 8.27. The topological polar surface area (TPSA) is 56.2 Å². The third-order valence-corrected chi connectivity index (χ3v) is 4.02. The van der Waals surface area contributed by atoms with Crippen molar-refractivity contribution in [2.45, 2.75) is 19.7 Å². The molecular weight excluding hydrogens is 338 g/mol. The number of nitrogens with one attached hydrogen (secondary N) is 1. The predicted molar refractivity (Wildman–Crippen MR) is 96.6 cm³/mol. The third-order valence-electron chi connectivity index (χ3n) is 3.76. The van der Waals surface area contributed by atoms with E-state index in [0.717, 1.165) is 5.56 Å². The van der Waals surface area contributed by atoms with Crippen molar-refractivity contribution in [3.05, 3.63) is 83.1 Å². The lowest BCUT2D eigenvalue weighted by atomic mass is 10.1. The normalized spacial score (nSPS) is 11.8. The minimum Gasteiger partial charge on any atom is -0.471 e. The van der Waals surface area contributed by atoms with Crippen molar-refractivity contribution in [2.75, 3.05) is 0 Å². The quantitative estimate of drug-likeness (QED) is 0.725. The highest BCUT2D eigenvalue weighted by Gasteiger charge is 2.15. The maximum Gasteiger partial charge on any atom is 0.270 e. The first-order chi connectivity index (χ1) is 12.1. The Balaban J connectivity index is 1.64. The summed E-state index contributed by atoms with van der Waals surface area (Å²) >= 11 is 5.85. The van der Waals surface area contributed by atoms with E-state index in [1.54, 1.807) is 36.5 Å². The van der Waals surface area contributed by atoms with Crippen LogP contribution in [0.5, 0.6) is 5.75 Å². The molecule has 1 amide bonds. The molecule has 0 aliphatic rings. The number of ether oxygens (including phenoxy) is 1. The molecule has 6 heteroatoms. The summed E-state index contributed by atoms with van der Waals surface area (Å²) in [5, 5.41) is 7.77. The van der Waals surface area contributed by atoms with Crippen molar-refractivity contribution in [3.8, 4) is 5.75 Å². The molecule has 0 saturated heterocycles. The smallest absolute Gasteiger partial charge is 0.270 e. The molecule has 0 aliphatic carbocycles. The molecule has 0 radical (unpaired) electrons. The van der Waals surface area contributed by atoms with Crippen molar-refractivity contribution >= 4 is 17.5 Å². The summed E-state index contributed by atoms with van der Waals surface area (Å²) in [5.41, 5.74) is 1.48. The average molecular weight is 356 g/mol.